The summed E-state index contributed by atoms with van der Waals surface area (Å²) in [5.74, 6) is -17.5. The molecule has 0 bridgehead atoms. The largest absolute Gasteiger partial charge is 0.396 e. The van der Waals surface area contributed by atoms with Gasteiger partial charge in [0.1, 0.15) is 5.82 Å². The van der Waals surface area contributed by atoms with E-state index < -0.39 is 50.7 Å². The van der Waals surface area contributed by atoms with Crippen molar-refractivity contribution in [2.45, 2.75) is 11.8 Å². The lowest BCUT2D eigenvalue weighted by atomic mass is 10.2. The average molecular weight is 310 g/mol. The van der Waals surface area contributed by atoms with Crippen molar-refractivity contribution >= 4 is 23.2 Å². The molecule has 0 aliphatic carbocycles. The van der Waals surface area contributed by atoms with Gasteiger partial charge in [0.25, 0.3) is 5.69 Å². The van der Waals surface area contributed by atoms with Crippen LogP contribution in [-0.4, -0.2) is 28.6 Å². The minimum absolute atomic E-state index is 0.239. The van der Waals surface area contributed by atoms with Crippen LogP contribution in [0.2, 0.25) is 0 Å². The van der Waals surface area contributed by atoms with Crippen LogP contribution in [-0.2, 0) is 9.59 Å². The van der Waals surface area contributed by atoms with Crippen molar-refractivity contribution in [3.05, 3.63) is 34.1 Å². The van der Waals surface area contributed by atoms with Crippen LogP contribution in [0, 0.1) is 15.9 Å². The van der Waals surface area contributed by atoms with Crippen LogP contribution >= 0.6 is 0 Å². The van der Waals surface area contributed by atoms with Crippen LogP contribution in [0.15, 0.2) is 18.2 Å². The van der Waals surface area contributed by atoms with Gasteiger partial charge in [-0.2, -0.15) is 17.6 Å². The molecule has 0 atom stereocenters. The quantitative estimate of drug-likeness (QED) is 0.361. The van der Waals surface area contributed by atoms with Crippen molar-refractivity contribution in [3.8, 4) is 0 Å². The maximum absolute atomic E-state index is 13.5. The van der Waals surface area contributed by atoms with E-state index >= 15 is 0 Å². The van der Waals surface area contributed by atoms with E-state index in [2.05, 4.69) is 0 Å². The zero-order valence-electron chi connectivity index (χ0n) is 9.65. The van der Waals surface area contributed by atoms with Crippen LogP contribution in [0.5, 0.6) is 0 Å². The van der Waals surface area contributed by atoms with E-state index in [1.807, 2.05) is 0 Å². The second-order valence-corrected chi connectivity index (χ2v) is 3.99. The number of anilines is 1. The third kappa shape index (κ3) is 1.84. The molecule has 1 heterocycles. The fourth-order valence-corrected chi connectivity index (χ4v) is 1.65. The number of nitrogens with zero attached hydrogens (tertiary/aromatic N) is 2. The molecular formula is C10H3F5N2O4. The molecule has 0 spiro atoms. The zero-order valence-corrected chi connectivity index (χ0v) is 9.65. The van der Waals surface area contributed by atoms with Crippen molar-refractivity contribution in [1.29, 1.82) is 0 Å². The minimum atomic E-state index is -5.36. The summed E-state index contributed by atoms with van der Waals surface area (Å²) in [6, 6.07) is 1.24. The number of carbonyl (C=O) groups is 2. The van der Waals surface area contributed by atoms with E-state index in [1.54, 1.807) is 0 Å². The topological polar surface area (TPSA) is 80.5 Å². The number of hydrogen-bond donors (Lipinski definition) is 0. The lowest BCUT2D eigenvalue weighted by Gasteiger charge is -2.13. The highest BCUT2D eigenvalue weighted by molar-refractivity contribution is 6.26. The first kappa shape index (κ1) is 14.8. The highest BCUT2D eigenvalue weighted by Crippen LogP contribution is 2.45. The Kier molecular flexibility index (Phi) is 2.96. The maximum atomic E-state index is 13.5. The molecule has 1 aromatic carbocycles. The molecule has 11 heteroatoms. The first-order valence-electron chi connectivity index (χ1n) is 5.10. The number of non-ortho nitro benzene ring substituents is 1. The zero-order chi connectivity index (χ0) is 16.2. The molecule has 2 rings (SSSR count). The van der Waals surface area contributed by atoms with E-state index in [4.69, 9.17) is 0 Å². The fraction of sp³-hybridized carbons (Fsp3) is 0.200. The molecule has 21 heavy (non-hydrogen) atoms. The smallest absolute Gasteiger partial charge is 0.267 e. The van der Waals surface area contributed by atoms with Crippen molar-refractivity contribution < 1.29 is 36.5 Å². The summed E-state index contributed by atoms with van der Waals surface area (Å²) in [5.41, 5.74) is -2.21. The molecule has 0 aromatic heterocycles. The number of carbonyl (C=O) groups excluding carboxylic acids is 2. The van der Waals surface area contributed by atoms with Crippen molar-refractivity contribution in [2.75, 3.05) is 4.90 Å². The lowest BCUT2D eigenvalue weighted by molar-refractivity contribution is -0.384. The summed E-state index contributed by atoms with van der Waals surface area (Å²) in [6.45, 7) is 0. The monoisotopic (exact) mass is 310 g/mol. The predicted octanol–water partition coefficient (Wildman–Crippen LogP) is 1.88. The van der Waals surface area contributed by atoms with E-state index in [0.29, 0.717) is 12.1 Å². The molecule has 1 aliphatic heterocycles. The van der Waals surface area contributed by atoms with Gasteiger partial charge in [-0.15, -0.1) is 0 Å². The summed E-state index contributed by atoms with van der Waals surface area (Å²) >= 11 is 0. The molecule has 1 aliphatic rings. The first-order chi connectivity index (χ1) is 9.51. The van der Waals surface area contributed by atoms with Crippen LogP contribution in [0.1, 0.15) is 0 Å². The van der Waals surface area contributed by atoms with Gasteiger partial charge >= 0.3 is 23.7 Å². The summed E-state index contributed by atoms with van der Waals surface area (Å²) < 4.78 is 65.8. The van der Waals surface area contributed by atoms with Gasteiger partial charge in [0, 0.05) is 12.1 Å². The van der Waals surface area contributed by atoms with Crippen LogP contribution in [0.3, 0.4) is 0 Å². The van der Waals surface area contributed by atoms with Crippen molar-refractivity contribution in [3.63, 3.8) is 0 Å². The Hall–Kier alpha value is -2.59. The van der Waals surface area contributed by atoms with E-state index in [9.17, 15) is 41.7 Å². The fourth-order valence-electron chi connectivity index (χ4n) is 1.65. The van der Waals surface area contributed by atoms with Gasteiger partial charge < -0.3 is 0 Å². The molecule has 1 saturated heterocycles. The predicted molar refractivity (Wildman–Crippen MR) is 55.4 cm³/mol. The Morgan fingerprint density at radius 3 is 1.95 bits per heavy atom. The van der Waals surface area contributed by atoms with E-state index in [0.717, 1.165) is 0 Å². The van der Waals surface area contributed by atoms with Crippen molar-refractivity contribution in [2.24, 2.45) is 0 Å². The SMILES string of the molecule is O=C1N(c2cc([N+](=O)[O-])ccc2F)C(=O)C(F)(F)C1(F)F. The normalized spacial score (nSPS) is 20.0. The molecule has 0 saturated carbocycles. The number of alkyl halides is 4. The van der Waals surface area contributed by atoms with Crippen LogP contribution in [0.25, 0.3) is 0 Å². The lowest BCUT2D eigenvalue weighted by Crippen LogP contribution is -2.43. The molecule has 0 N–H and O–H groups in total. The Morgan fingerprint density at radius 2 is 1.52 bits per heavy atom. The number of benzene rings is 1. The molecule has 2 amide bonds. The molecule has 1 fully saturated rings. The second-order valence-electron chi connectivity index (χ2n) is 3.99. The summed E-state index contributed by atoms with van der Waals surface area (Å²) in [6.07, 6.45) is 0. The third-order valence-electron chi connectivity index (χ3n) is 2.72. The van der Waals surface area contributed by atoms with Crippen LogP contribution < -0.4 is 4.90 Å². The number of halogens is 5. The molecule has 0 radical (unpaired) electrons. The number of amides is 2. The Bertz CT molecular complexity index is 649. The number of imide groups is 1. The molecular weight excluding hydrogens is 307 g/mol. The van der Waals surface area contributed by atoms with Gasteiger partial charge in [-0.3, -0.25) is 19.7 Å². The van der Waals surface area contributed by atoms with Gasteiger partial charge in [0.05, 0.1) is 10.6 Å². The minimum Gasteiger partial charge on any atom is -0.267 e. The average Bonchev–Trinajstić information content (AvgIpc) is 2.50. The van der Waals surface area contributed by atoms with Crippen LogP contribution in [0.4, 0.5) is 33.3 Å². The Labute approximate surface area is 111 Å². The number of rotatable bonds is 2. The second kappa shape index (κ2) is 4.20. The number of hydrogen-bond acceptors (Lipinski definition) is 4. The summed E-state index contributed by atoms with van der Waals surface area (Å²) in [7, 11) is 0. The van der Waals surface area contributed by atoms with Gasteiger partial charge in [-0.05, 0) is 6.07 Å². The van der Waals surface area contributed by atoms with Gasteiger partial charge in [-0.1, -0.05) is 0 Å². The molecule has 6 nitrogen and oxygen atoms in total. The van der Waals surface area contributed by atoms with Gasteiger partial charge in [0.2, 0.25) is 0 Å². The van der Waals surface area contributed by atoms with E-state index in [1.165, 1.54) is 0 Å². The number of nitro groups is 1. The Morgan fingerprint density at radius 1 is 1.05 bits per heavy atom. The molecule has 0 unspecified atom stereocenters. The Balaban J connectivity index is 2.63. The van der Waals surface area contributed by atoms with Crippen molar-refractivity contribution in [1.82, 2.24) is 0 Å². The molecule has 112 valence electrons. The van der Waals surface area contributed by atoms with Gasteiger partial charge in [-0.25, -0.2) is 9.29 Å². The molecule has 1 aromatic rings. The first-order valence-corrected chi connectivity index (χ1v) is 5.10. The highest BCUT2D eigenvalue weighted by atomic mass is 19.3. The van der Waals surface area contributed by atoms with Gasteiger partial charge in [0.15, 0.2) is 0 Å². The summed E-state index contributed by atoms with van der Waals surface area (Å²) in [5, 5.41) is 10.5. The summed E-state index contributed by atoms with van der Waals surface area (Å²) in [4.78, 5) is 31.1. The maximum Gasteiger partial charge on any atom is 0.396 e. The number of nitro benzene ring substituents is 1. The highest BCUT2D eigenvalue weighted by Gasteiger charge is 2.76. The standard InChI is InChI=1S/C10H3F5N2O4/c11-5-2-1-4(17(20)21)3-6(5)16-7(18)9(12,13)10(14,15)8(16)19/h1-3H. The third-order valence-corrected chi connectivity index (χ3v) is 2.72. The van der Waals surface area contributed by atoms with E-state index in [-0.39, 0.29) is 6.07 Å².